The highest BCUT2D eigenvalue weighted by molar-refractivity contribution is 7.89. The zero-order valence-electron chi connectivity index (χ0n) is 12.7. The molecule has 1 aliphatic heterocycles. The van der Waals surface area contributed by atoms with Crippen molar-refractivity contribution in [3.8, 4) is 0 Å². The number of nitrogens with zero attached hydrogens (tertiary/aromatic N) is 1. The molecule has 1 aromatic carbocycles. The molecule has 0 aliphatic carbocycles. The Balaban J connectivity index is 2.09. The number of benzene rings is 1. The van der Waals surface area contributed by atoms with Gasteiger partial charge in [0.05, 0.1) is 18.1 Å². The van der Waals surface area contributed by atoms with Gasteiger partial charge in [0.25, 0.3) is 0 Å². The van der Waals surface area contributed by atoms with E-state index >= 15 is 0 Å². The topological polar surface area (TPSA) is 58.6 Å². The molecule has 0 bridgehead atoms. The van der Waals surface area contributed by atoms with Gasteiger partial charge >= 0.3 is 0 Å². The van der Waals surface area contributed by atoms with Gasteiger partial charge in [0.15, 0.2) is 0 Å². The average molecular weight is 312 g/mol. The molecule has 1 aliphatic rings. The van der Waals surface area contributed by atoms with Gasteiger partial charge in [-0.3, -0.25) is 0 Å². The van der Waals surface area contributed by atoms with Gasteiger partial charge in [0.2, 0.25) is 10.0 Å². The number of rotatable bonds is 6. The van der Waals surface area contributed by atoms with Crippen molar-refractivity contribution in [1.29, 1.82) is 0 Å². The lowest BCUT2D eigenvalue weighted by atomic mass is 10.1. The van der Waals surface area contributed by atoms with Gasteiger partial charge < -0.3 is 10.1 Å². The zero-order chi connectivity index (χ0) is 15.3. The van der Waals surface area contributed by atoms with E-state index < -0.39 is 10.0 Å². The highest BCUT2D eigenvalue weighted by Gasteiger charge is 2.31. The molecule has 1 heterocycles. The normalized spacial score (nSPS) is 20.6. The van der Waals surface area contributed by atoms with E-state index in [4.69, 9.17) is 4.74 Å². The summed E-state index contributed by atoms with van der Waals surface area (Å²) in [5.74, 6) is 0. The molecule has 1 atom stereocenters. The van der Waals surface area contributed by atoms with Crippen LogP contribution in [0, 0.1) is 0 Å². The van der Waals surface area contributed by atoms with Gasteiger partial charge in [-0.2, -0.15) is 4.31 Å². The fourth-order valence-electron chi connectivity index (χ4n) is 2.50. The monoisotopic (exact) mass is 312 g/mol. The van der Waals surface area contributed by atoms with E-state index in [0.717, 1.165) is 19.4 Å². The molecule has 0 aromatic heterocycles. The summed E-state index contributed by atoms with van der Waals surface area (Å²) in [6.45, 7) is 4.19. The van der Waals surface area contributed by atoms with Crippen LogP contribution in [0.25, 0.3) is 0 Å². The van der Waals surface area contributed by atoms with E-state index in [1.165, 1.54) is 9.87 Å². The summed E-state index contributed by atoms with van der Waals surface area (Å²) in [6, 6.07) is 7.14. The van der Waals surface area contributed by atoms with E-state index in [1.807, 2.05) is 26.1 Å². The summed E-state index contributed by atoms with van der Waals surface area (Å²) in [5, 5.41) is 3.11. The van der Waals surface area contributed by atoms with Gasteiger partial charge in [-0.1, -0.05) is 12.1 Å². The van der Waals surface area contributed by atoms with Crippen LogP contribution in [0.15, 0.2) is 29.2 Å². The van der Waals surface area contributed by atoms with Crippen molar-refractivity contribution in [2.24, 2.45) is 0 Å². The van der Waals surface area contributed by atoms with E-state index in [1.54, 1.807) is 12.1 Å². The minimum absolute atomic E-state index is 0.112. The summed E-state index contributed by atoms with van der Waals surface area (Å²) < 4.78 is 32.1. The summed E-state index contributed by atoms with van der Waals surface area (Å²) in [6.07, 6.45) is 2.00. The largest absolute Gasteiger partial charge is 0.378 e. The zero-order valence-corrected chi connectivity index (χ0v) is 13.5. The number of hydrogen-bond acceptors (Lipinski definition) is 4. The first-order valence-corrected chi connectivity index (χ1v) is 8.83. The summed E-state index contributed by atoms with van der Waals surface area (Å²) >= 11 is 0. The smallest absolute Gasteiger partial charge is 0.243 e. The quantitative estimate of drug-likeness (QED) is 0.803. The Morgan fingerprint density at radius 1 is 1.33 bits per heavy atom. The molecule has 1 unspecified atom stereocenters. The highest BCUT2D eigenvalue weighted by atomic mass is 32.2. The number of aryl methyl sites for hydroxylation is 1. The molecule has 6 heteroatoms. The fourth-order valence-corrected chi connectivity index (χ4v) is 4.10. The van der Waals surface area contributed by atoms with Crippen LogP contribution in [0.3, 0.4) is 0 Å². The molecule has 1 saturated heterocycles. The Labute approximate surface area is 127 Å². The summed E-state index contributed by atoms with van der Waals surface area (Å²) in [5.41, 5.74) is 1.17. The molecular weight excluding hydrogens is 288 g/mol. The maximum Gasteiger partial charge on any atom is 0.243 e. The Morgan fingerprint density at radius 2 is 2.05 bits per heavy atom. The van der Waals surface area contributed by atoms with Crippen molar-refractivity contribution in [3.05, 3.63) is 29.8 Å². The Morgan fingerprint density at radius 3 is 2.67 bits per heavy atom. The Bertz CT molecular complexity index is 543. The minimum atomic E-state index is -3.41. The average Bonchev–Trinajstić information content (AvgIpc) is 2.48. The molecule has 0 radical (unpaired) electrons. The molecule has 5 nitrogen and oxygen atoms in total. The van der Waals surface area contributed by atoms with Crippen molar-refractivity contribution >= 4 is 10.0 Å². The maximum absolute atomic E-state index is 12.6. The summed E-state index contributed by atoms with van der Waals surface area (Å²) in [7, 11) is -1.48. The van der Waals surface area contributed by atoms with Crippen LogP contribution in [-0.4, -0.2) is 52.1 Å². The number of nitrogens with one attached hydrogen (secondary N) is 1. The van der Waals surface area contributed by atoms with Crippen LogP contribution in [0.4, 0.5) is 0 Å². The predicted octanol–water partition coefficient (Wildman–Crippen LogP) is 1.25. The molecule has 2 rings (SSSR count). The summed E-state index contributed by atoms with van der Waals surface area (Å²) in [4.78, 5) is 0.369. The lowest BCUT2D eigenvalue weighted by Crippen LogP contribution is -2.46. The molecule has 21 heavy (non-hydrogen) atoms. The third-order valence-electron chi connectivity index (χ3n) is 3.73. The molecule has 0 amide bonds. The van der Waals surface area contributed by atoms with E-state index in [9.17, 15) is 8.42 Å². The number of hydrogen-bond donors (Lipinski definition) is 1. The van der Waals surface area contributed by atoms with Crippen LogP contribution in [0.2, 0.25) is 0 Å². The molecule has 0 spiro atoms. The Hall–Kier alpha value is -0.950. The van der Waals surface area contributed by atoms with Crippen LogP contribution >= 0.6 is 0 Å². The molecule has 1 fully saturated rings. The van der Waals surface area contributed by atoms with Crippen LogP contribution in [0.1, 0.15) is 18.9 Å². The van der Waals surface area contributed by atoms with Gasteiger partial charge in [0.1, 0.15) is 0 Å². The van der Waals surface area contributed by atoms with Crippen LogP contribution in [-0.2, 0) is 21.2 Å². The number of sulfonamides is 1. The lowest BCUT2D eigenvalue weighted by molar-refractivity contribution is 0.0393. The first-order valence-electron chi connectivity index (χ1n) is 7.39. The van der Waals surface area contributed by atoms with E-state index in [2.05, 4.69) is 5.32 Å². The third-order valence-corrected chi connectivity index (χ3v) is 5.76. The Kier molecular flexibility index (Phi) is 5.75. The second kappa shape index (κ2) is 7.35. The minimum Gasteiger partial charge on any atom is -0.378 e. The standard InChI is InChI=1S/C15H24N2O3S/c1-13-12-20-11-10-17(13)21(18,19)15-7-5-14(6-8-15)4-3-9-16-2/h5-8,13,16H,3-4,9-12H2,1-2H3. The van der Waals surface area contributed by atoms with Crippen LogP contribution < -0.4 is 5.32 Å². The van der Waals surface area contributed by atoms with Gasteiger partial charge in [-0.15, -0.1) is 0 Å². The maximum atomic E-state index is 12.6. The second-order valence-corrected chi connectivity index (χ2v) is 7.28. The van der Waals surface area contributed by atoms with Gasteiger partial charge in [0, 0.05) is 12.6 Å². The number of morpholine rings is 1. The van der Waals surface area contributed by atoms with Crippen molar-refractivity contribution in [3.63, 3.8) is 0 Å². The highest BCUT2D eigenvalue weighted by Crippen LogP contribution is 2.21. The molecule has 118 valence electrons. The predicted molar refractivity (Wildman–Crippen MR) is 82.9 cm³/mol. The van der Waals surface area contributed by atoms with Crippen molar-refractivity contribution < 1.29 is 13.2 Å². The van der Waals surface area contributed by atoms with Crippen molar-refractivity contribution in [2.45, 2.75) is 30.7 Å². The molecule has 0 saturated carbocycles. The lowest BCUT2D eigenvalue weighted by Gasteiger charge is -2.32. The van der Waals surface area contributed by atoms with Gasteiger partial charge in [-0.05, 0) is 51.1 Å². The second-order valence-electron chi connectivity index (χ2n) is 5.39. The van der Waals surface area contributed by atoms with Crippen molar-refractivity contribution in [1.82, 2.24) is 9.62 Å². The molecule has 1 aromatic rings. The first kappa shape index (κ1) is 16.4. The van der Waals surface area contributed by atoms with E-state index in [0.29, 0.717) is 24.7 Å². The molecular formula is C15H24N2O3S. The first-order chi connectivity index (χ1) is 10.1. The SMILES string of the molecule is CNCCCc1ccc(S(=O)(=O)N2CCOCC2C)cc1. The van der Waals surface area contributed by atoms with E-state index in [-0.39, 0.29) is 6.04 Å². The third kappa shape index (κ3) is 4.03. The van der Waals surface area contributed by atoms with Crippen molar-refractivity contribution in [2.75, 3.05) is 33.4 Å². The fraction of sp³-hybridized carbons (Fsp3) is 0.600. The number of ether oxygens (including phenoxy) is 1. The van der Waals surface area contributed by atoms with Crippen LogP contribution in [0.5, 0.6) is 0 Å². The van der Waals surface area contributed by atoms with Gasteiger partial charge in [-0.25, -0.2) is 8.42 Å². The molecule has 1 N–H and O–H groups in total.